The number of hydrogen-bond donors (Lipinski definition) is 2. The minimum absolute atomic E-state index is 0.113. The number of likely N-dealkylation sites (N-methyl/N-ethyl adjacent to an activating group) is 1. The van der Waals surface area contributed by atoms with Gasteiger partial charge in [-0.25, -0.2) is 0 Å². The molecule has 0 radical (unpaired) electrons. The largest absolute Gasteiger partial charge is 0.361 e. The summed E-state index contributed by atoms with van der Waals surface area (Å²) in [6, 6.07) is 16.2. The number of aryl methyl sites for hydroxylation is 1. The van der Waals surface area contributed by atoms with Gasteiger partial charge in [-0.2, -0.15) is 0 Å². The van der Waals surface area contributed by atoms with Gasteiger partial charge in [-0.05, 0) is 38.5 Å². The van der Waals surface area contributed by atoms with Gasteiger partial charge in [0.25, 0.3) is 5.91 Å². The normalized spacial score (nSPS) is 16.7. The van der Waals surface area contributed by atoms with Crippen LogP contribution >= 0.6 is 0 Å². The van der Waals surface area contributed by atoms with Gasteiger partial charge in [-0.15, -0.1) is 0 Å². The lowest BCUT2D eigenvalue weighted by atomic mass is 10.0. The molecule has 0 fully saturated rings. The van der Waals surface area contributed by atoms with Crippen molar-refractivity contribution in [1.82, 2.24) is 4.90 Å². The number of nitrogens with zero attached hydrogens (tertiary/aromatic N) is 1. The molecule has 0 spiro atoms. The topological polar surface area (TPSA) is 36.8 Å². The van der Waals surface area contributed by atoms with Crippen LogP contribution in [0.15, 0.2) is 48.5 Å². The van der Waals surface area contributed by atoms with E-state index in [2.05, 4.69) is 50.4 Å². The molecule has 1 atom stereocenters. The maximum Gasteiger partial charge on any atom is 0.258 e. The van der Waals surface area contributed by atoms with Crippen LogP contribution in [-0.2, 0) is 0 Å². The van der Waals surface area contributed by atoms with E-state index in [4.69, 9.17) is 0 Å². The first-order valence-corrected chi connectivity index (χ1v) is 9.20. The van der Waals surface area contributed by atoms with Crippen molar-refractivity contribution in [3.8, 4) is 0 Å². The molecule has 0 unspecified atom stereocenters. The molecular formula is C21H28N3O+. The van der Waals surface area contributed by atoms with Crippen LogP contribution in [-0.4, -0.2) is 37.0 Å². The zero-order valence-corrected chi connectivity index (χ0v) is 15.4. The summed E-state index contributed by atoms with van der Waals surface area (Å²) in [5.41, 5.74) is 4.04. The first-order chi connectivity index (χ1) is 12.1. The second-order valence-electron chi connectivity index (χ2n) is 6.71. The van der Waals surface area contributed by atoms with E-state index in [0.29, 0.717) is 0 Å². The SMILES string of the molecule is CC[NH+](CC)CCN1C(=O)c2ccccc2N[C@H]1c1ccc(C)cc1. The monoisotopic (exact) mass is 338 g/mol. The van der Waals surface area contributed by atoms with Gasteiger partial charge < -0.3 is 15.1 Å². The first-order valence-electron chi connectivity index (χ1n) is 9.20. The quantitative estimate of drug-likeness (QED) is 0.849. The maximum atomic E-state index is 13.1. The molecule has 2 aromatic rings. The van der Waals surface area contributed by atoms with E-state index in [-0.39, 0.29) is 12.1 Å². The molecule has 25 heavy (non-hydrogen) atoms. The van der Waals surface area contributed by atoms with E-state index < -0.39 is 0 Å². The van der Waals surface area contributed by atoms with Crippen LogP contribution in [0.4, 0.5) is 5.69 Å². The van der Waals surface area contributed by atoms with Crippen LogP contribution < -0.4 is 10.2 Å². The average molecular weight is 338 g/mol. The van der Waals surface area contributed by atoms with Crippen molar-refractivity contribution >= 4 is 11.6 Å². The fraction of sp³-hybridized carbons (Fsp3) is 0.381. The van der Waals surface area contributed by atoms with Crippen molar-refractivity contribution in [2.45, 2.75) is 26.9 Å². The summed E-state index contributed by atoms with van der Waals surface area (Å²) in [5, 5.41) is 3.57. The Morgan fingerprint density at radius 2 is 1.72 bits per heavy atom. The number of anilines is 1. The lowest BCUT2D eigenvalue weighted by Crippen LogP contribution is -3.12. The Morgan fingerprint density at radius 1 is 1.04 bits per heavy atom. The number of amides is 1. The van der Waals surface area contributed by atoms with Gasteiger partial charge in [0, 0.05) is 5.69 Å². The van der Waals surface area contributed by atoms with Gasteiger partial charge in [0.05, 0.1) is 31.7 Å². The molecule has 0 aromatic heterocycles. The number of carbonyl (C=O) groups excluding carboxylic acids is 1. The number of para-hydroxylation sites is 1. The fourth-order valence-electron chi connectivity index (χ4n) is 3.42. The highest BCUT2D eigenvalue weighted by Crippen LogP contribution is 2.32. The molecule has 4 heteroatoms. The Bertz CT molecular complexity index is 722. The standard InChI is InChI=1S/C21H27N3O/c1-4-23(5-2)14-15-24-20(17-12-10-16(3)11-13-17)22-19-9-7-6-8-18(19)21(24)25/h6-13,20,22H,4-5,14-15H2,1-3H3/p+1/t20-/m1/s1. The van der Waals surface area contributed by atoms with E-state index in [9.17, 15) is 4.79 Å². The highest BCUT2D eigenvalue weighted by atomic mass is 16.2. The Labute approximate surface area is 150 Å². The Balaban J connectivity index is 1.91. The van der Waals surface area contributed by atoms with Crippen LogP contribution in [0.1, 0.15) is 41.5 Å². The lowest BCUT2D eigenvalue weighted by molar-refractivity contribution is -0.895. The summed E-state index contributed by atoms with van der Waals surface area (Å²) in [6.45, 7) is 10.3. The third kappa shape index (κ3) is 3.69. The minimum atomic E-state index is -0.113. The van der Waals surface area contributed by atoms with E-state index in [1.807, 2.05) is 29.2 Å². The minimum Gasteiger partial charge on any atom is -0.361 e. The smallest absolute Gasteiger partial charge is 0.258 e. The van der Waals surface area contributed by atoms with Gasteiger partial charge >= 0.3 is 0 Å². The highest BCUT2D eigenvalue weighted by Gasteiger charge is 2.33. The summed E-state index contributed by atoms with van der Waals surface area (Å²) in [7, 11) is 0. The van der Waals surface area contributed by atoms with E-state index >= 15 is 0 Å². The molecule has 1 heterocycles. The molecule has 1 amide bonds. The van der Waals surface area contributed by atoms with Crippen LogP contribution in [0.25, 0.3) is 0 Å². The molecule has 2 N–H and O–H groups in total. The average Bonchev–Trinajstić information content (AvgIpc) is 2.64. The van der Waals surface area contributed by atoms with Crippen LogP contribution in [0.3, 0.4) is 0 Å². The second kappa shape index (κ2) is 7.70. The van der Waals surface area contributed by atoms with Gasteiger partial charge in [-0.3, -0.25) is 4.79 Å². The number of hydrogen-bond acceptors (Lipinski definition) is 2. The second-order valence-corrected chi connectivity index (χ2v) is 6.71. The molecule has 0 bridgehead atoms. The summed E-state index contributed by atoms with van der Waals surface area (Å²) < 4.78 is 0. The molecule has 1 aliphatic heterocycles. The molecule has 132 valence electrons. The Kier molecular flexibility index (Phi) is 5.39. The maximum absolute atomic E-state index is 13.1. The van der Waals surface area contributed by atoms with E-state index in [1.54, 1.807) is 0 Å². The van der Waals surface area contributed by atoms with Gasteiger partial charge in [0.2, 0.25) is 0 Å². The molecule has 3 rings (SSSR count). The van der Waals surface area contributed by atoms with Crippen molar-refractivity contribution in [1.29, 1.82) is 0 Å². The molecular weight excluding hydrogens is 310 g/mol. The third-order valence-corrected chi connectivity index (χ3v) is 5.12. The first kappa shape index (κ1) is 17.5. The van der Waals surface area contributed by atoms with Crippen molar-refractivity contribution in [2.75, 3.05) is 31.5 Å². The molecule has 0 aliphatic carbocycles. The van der Waals surface area contributed by atoms with E-state index in [1.165, 1.54) is 10.5 Å². The van der Waals surface area contributed by atoms with Crippen molar-refractivity contribution in [3.05, 3.63) is 65.2 Å². The Morgan fingerprint density at radius 3 is 2.40 bits per heavy atom. The summed E-state index contributed by atoms with van der Waals surface area (Å²) in [5.74, 6) is 0.117. The van der Waals surface area contributed by atoms with Crippen molar-refractivity contribution < 1.29 is 9.69 Å². The van der Waals surface area contributed by atoms with Crippen LogP contribution in [0.2, 0.25) is 0 Å². The van der Waals surface area contributed by atoms with Crippen LogP contribution in [0.5, 0.6) is 0 Å². The third-order valence-electron chi connectivity index (χ3n) is 5.12. The summed E-state index contributed by atoms with van der Waals surface area (Å²) >= 11 is 0. The highest BCUT2D eigenvalue weighted by molar-refractivity contribution is 6.01. The molecule has 0 saturated heterocycles. The molecule has 4 nitrogen and oxygen atoms in total. The number of carbonyl (C=O) groups is 1. The number of quaternary nitrogens is 1. The number of fused-ring (bicyclic) bond motifs is 1. The predicted octanol–water partition coefficient (Wildman–Crippen LogP) is 2.49. The number of rotatable bonds is 6. The number of benzene rings is 2. The molecule has 1 aliphatic rings. The van der Waals surface area contributed by atoms with Crippen LogP contribution in [0, 0.1) is 6.92 Å². The van der Waals surface area contributed by atoms with Gasteiger partial charge in [0.1, 0.15) is 6.17 Å². The summed E-state index contributed by atoms with van der Waals surface area (Å²) in [6.07, 6.45) is -0.113. The number of nitrogens with one attached hydrogen (secondary N) is 2. The molecule has 2 aromatic carbocycles. The summed E-state index contributed by atoms with van der Waals surface area (Å²) in [4.78, 5) is 16.6. The molecule has 0 saturated carbocycles. The van der Waals surface area contributed by atoms with E-state index in [0.717, 1.165) is 43.0 Å². The van der Waals surface area contributed by atoms with Crippen molar-refractivity contribution in [2.24, 2.45) is 0 Å². The van der Waals surface area contributed by atoms with Gasteiger partial charge in [0.15, 0.2) is 0 Å². The Hall–Kier alpha value is -2.33. The fourth-order valence-corrected chi connectivity index (χ4v) is 3.42. The van der Waals surface area contributed by atoms with Crippen molar-refractivity contribution in [3.63, 3.8) is 0 Å². The predicted molar refractivity (Wildman–Crippen MR) is 102 cm³/mol. The van der Waals surface area contributed by atoms with Gasteiger partial charge in [-0.1, -0.05) is 42.0 Å². The lowest BCUT2D eigenvalue weighted by Gasteiger charge is -2.38. The zero-order valence-electron chi connectivity index (χ0n) is 15.4. The zero-order chi connectivity index (χ0) is 17.8.